The van der Waals surface area contributed by atoms with Crippen LogP contribution in [0.1, 0.15) is 29.6 Å². The van der Waals surface area contributed by atoms with Crippen molar-refractivity contribution < 1.29 is 14.3 Å². The third kappa shape index (κ3) is 2.77. The second kappa shape index (κ2) is 5.80. The number of nitrogens with zero attached hydrogens (tertiary/aromatic N) is 1. The largest absolute Gasteiger partial charge is 0.486 e. The molecule has 5 heteroatoms. The van der Waals surface area contributed by atoms with Gasteiger partial charge >= 0.3 is 0 Å². The van der Waals surface area contributed by atoms with E-state index in [1.54, 1.807) is 6.07 Å². The molecule has 4 aliphatic heterocycles. The molecule has 5 nitrogen and oxygen atoms in total. The van der Waals surface area contributed by atoms with E-state index in [9.17, 15) is 4.79 Å². The highest BCUT2D eigenvalue weighted by atomic mass is 16.6. The number of nitrogens with one attached hydrogen (secondary N) is 1. The van der Waals surface area contributed by atoms with E-state index < -0.39 is 0 Å². The van der Waals surface area contributed by atoms with Gasteiger partial charge in [0.25, 0.3) is 5.91 Å². The highest BCUT2D eigenvalue weighted by Crippen LogP contribution is 2.31. The molecule has 0 spiro atoms. The van der Waals surface area contributed by atoms with Crippen molar-refractivity contribution in [1.29, 1.82) is 0 Å². The molecule has 1 atom stereocenters. The molecular formula is C17H22N2O3. The van der Waals surface area contributed by atoms with Crippen molar-refractivity contribution in [3.05, 3.63) is 23.8 Å². The molecule has 0 radical (unpaired) electrons. The van der Waals surface area contributed by atoms with Gasteiger partial charge in [0.2, 0.25) is 0 Å². The Morgan fingerprint density at radius 2 is 1.91 bits per heavy atom. The normalized spacial score (nSPS) is 29.7. The van der Waals surface area contributed by atoms with Crippen LogP contribution in [0.3, 0.4) is 0 Å². The molecule has 1 aromatic carbocycles. The first kappa shape index (κ1) is 13.9. The van der Waals surface area contributed by atoms with Crippen LogP contribution in [-0.2, 0) is 0 Å². The molecule has 1 N–H and O–H groups in total. The van der Waals surface area contributed by atoms with Gasteiger partial charge in [-0.05, 0) is 56.5 Å². The van der Waals surface area contributed by atoms with E-state index in [-0.39, 0.29) is 11.9 Å². The van der Waals surface area contributed by atoms with Crippen LogP contribution in [-0.4, -0.2) is 49.7 Å². The first-order valence-electron chi connectivity index (χ1n) is 8.21. The summed E-state index contributed by atoms with van der Waals surface area (Å²) >= 11 is 0. The summed E-state index contributed by atoms with van der Waals surface area (Å²) in [7, 11) is 0. The number of ether oxygens (including phenoxy) is 2. The first-order chi connectivity index (χ1) is 10.8. The van der Waals surface area contributed by atoms with Crippen LogP contribution in [0.15, 0.2) is 18.2 Å². The van der Waals surface area contributed by atoms with Gasteiger partial charge in [0, 0.05) is 18.2 Å². The summed E-state index contributed by atoms with van der Waals surface area (Å²) in [6.07, 6.45) is 3.65. The topological polar surface area (TPSA) is 50.8 Å². The minimum absolute atomic E-state index is 0.00975. The quantitative estimate of drug-likeness (QED) is 0.903. The SMILES string of the molecule is O=C(N[C@@H]1CC2CCN(CC2)C1)c1ccc2c(c1)OCCO2. The van der Waals surface area contributed by atoms with Crippen LogP contribution >= 0.6 is 0 Å². The molecule has 0 unspecified atom stereocenters. The van der Waals surface area contributed by atoms with E-state index in [1.807, 2.05) is 12.1 Å². The lowest BCUT2D eigenvalue weighted by Gasteiger charge is -2.26. The Labute approximate surface area is 130 Å². The van der Waals surface area contributed by atoms with Gasteiger partial charge in [-0.2, -0.15) is 0 Å². The number of rotatable bonds is 2. The van der Waals surface area contributed by atoms with Crippen molar-refractivity contribution in [2.45, 2.75) is 25.3 Å². The van der Waals surface area contributed by atoms with Crippen LogP contribution in [0.25, 0.3) is 0 Å². The molecule has 118 valence electrons. The summed E-state index contributed by atoms with van der Waals surface area (Å²) < 4.78 is 11.1. The van der Waals surface area contributed by atoms with Gasteiger partial charge in [-0.1, -0.05) is 0 Å². The zero-order valence-electron chi connectivity index (χ0n) is 12.7. The third-order valence-electron chi connectivity index (χ3n) is 4.94. The summed E-state index contributed by atoms with van der Waals surface area (Å²) in [6, 6.07) is 5.68. The number of carbonyl (C=O) groups is 1. The minimum atomic E-state index is -0.00975. The van der Waals surface area contributed by atoms with Crippen LogP contribution < -0.4 is 14.8 Å². The van der Waals surface area contributed by atoms with E-state index in [1.165, 1.54) is 25.9 Å². The number of hydrogen-bond donors (Lipinski definition) is 1. The maximum Gasteiger partial charge on any atom is 0.251 e. The van der Waals surface area contributed by atoms with Crippen LogP contribution in [0.4, 0.5) is 0 Å². The summed E-state index contributed by atoms with van der Waals surface area (Å²) in [5.74, 6) is 2.15. The lowest BCUT2D eigenvalue weighted by molar-refractivity contribution is 0.0927. The highest BCUT2D eigenvalue weighted by Gasteiger charge is 2.30. The van der Waals surface area contributed by atoms with Crippen molar-refractivity contribution in [3.63, 3.8) is 0 Å². The van der Waals surface area contributed by atoms with Crippen LogP contribution in [0.5, 0.6) is 11.5 Å². The number of hydrogen-bond acceptors (Lipinski definition) is 4. The van der Waals surface area contributed by atoms with Gasteiger partial charge in [-0.25, -0.2) is 0 Å². The molecule has 0 aromatic heterocycles. The standard InChI is InChI=1S/C17H22N2O3/c20-17(13-1-2-15-16(10-13)22-8-7-21-15)18-14-9-12-3-5-19(11-14)6-4-12/h1-2,10,12,14H,3-9,11H2,(H,18,20)/t14-/m1/s1. The van der Waals surface area contributed by atoms with E-state index in [4.69, 9.17) is 9.47 Å². The lowest BCUT2D eigenvalue weighted by atomic mass is 9.94. The Hall–Kier alpha value is -1.75. The molecule has 4 heterocycles. The highest BCUT2D eigenvalue weighted by molar-refractivity contribution is 5.95. The molecular weight excluding hydrogens is 280 g/mol. The monoisotopic (exact) mass is 302 g/mol. The number of fused-ring (bicyclic) bond motifs is 5. The molecule has 0 saturated carbocycles. The van der Waals surface area contributed by atoms with Gasteiger partial charge in [0.15, 0.2) is 11.5 Å². The fourth-order valence-electron chi connectivity index (χ4n) is 3.75. The van der Waals surface area contributed by atoms with Crippen LogP contribution in [0, 0.1) is 5.92 Å². The number of benzene rings is 1. The van der Waals surface area contributed by atoms with Gasteiger partial charge in [0.05, 0.1) is 0 Å². The molecule has 1 amide bonds. The average Bonchev–Trinajstić information content (AvgIpc) is 2.86. The smallest absolute Gasteiger partial charge is 0.251 e. The van der Waals surface area contributed by atoms with Gasteiger partial charge in [0.1, 0.15) is 13.2 Å². The van der Waals surface area contributed by atoms with Gasteiger partial charge < -0.3 is 19.7 Å². The number of carbonyl (C=O) groups excluding carboxylic acids is 1. The number of piperidine rings is 1. The molecule has 1 aromatic rings. The maximum atomic E-state index is 12.5. The van der Waals surface area contributed by atoms with Gasteiger partial charge in [-0.3, -0.25) is 4.79 Å². The van der Waals surface area contributed by atoms with Crippen molar-refractivity contribution in [1.82, 2.24) is 10.2 Å². The molecule has 4 aliphatic rings. The summed E-state index contributed by atoms with van der Waals surface area (Å²) in [5, 5.41) is 3.21. The second-order valence-corrected chi connectivity index (χ2v) is 6.51. The zero-order chi connectivity index (χ0) is 14.9. The fourth-order valence-corrected chi connectivity index (χ4v) is 3.75. The van der Waals surface area contributed by atoms with Gasteiger partial charge in [-0.15, -0.1) is 0 Å². The summed E-state index contributed by atoms with van der Waals surface area (Å²) in [6.45, 7) is 4.45. The molecule has 3 saturated heterocycles. The second-order valence-electron chi connectivity index (χ2n) is 6.51. The Kier molecular flexibility index (Phi) is 3.66. The zero-order valence-corrected chi connectivity index (χ0v) is 12.7. The van der Waals surface area contributed by atoms with Crippen molar-refractivity contribution >= 4 is 5.91 Å². The van der Waals surface area contributed by atoms with Crippen molar-refractivity contribution in [3.8, 4) is 11.5 Å². The average molecular weight is 302 g/mol. The van der Waals surface area contributed by atoms with Crippen LogP contribution in [0.2, 0.25) is 0 Å². The minimum Gasteiger partial charge on any atom is -0.486 e. The van der Waals surface area contributed by atoms with Crippen molar-refractivity contribution in [2.75, 3.05) is 32.8 Å². The molecule has 2 bridgehead atoms. The molecule has 3 fully saturated rings. The Balaban J connectivity index is 1.45. The Morgan fingerprint density at radius 1 is 1.14 bits per heavy atom. The summed E-state index contributed by atoms with van der Waals surface area (Å²) in [4.78, 5) is 15.0. The third-order valence-corrected chi connectivity index (χ3v) is 4.94. The predicted molar refractivity (Wildman–Crippen MR) is 82.5 cm³/mol. The molecule has 22 heavy (non-hydrogen) atoms. The van der Waals surface area contributed by atoms with Crippen molar-refractivity contribution in [2.24, 2.45) is 5.92 Å². The Morgan fingerprint density at radius 3 is 2.73 bits per heavy atom. The van der Waals surface area contributed by atoms with E-state index in [2.05, 4.69) is 10.2 Å². The first-order valence-corrected chi connectivity index (χ1v) is 8.21. The molecule has 0 aliphatic carbocycles. The maximum absolute atomic E-state index is 12.5. The Bertz CT molecular complexity index is 553. The summed E-state index contributed by atoms with van der Waals surface area (Å²) in [5.41, 5.74) is 0.649. The number of amides is 1. The predicted octanol–water partition coefficient (Wildman–Crippen LogP) is 1.67. The van der Waals surface area contributed by atoms with E-state index in [0.717, 1.165) is 24.6 Å². The van der Waals surface area contributed by atoms with E-state index >= 15 is 0 Å². The lowest BCUT2D eigenvalue weighted by Crippen LogP contribution is -2.42. The van der Waals surface area contributed by atoms with E-state index in [0.29, 0.717) is 24.5 Å². The fraction of sp³-hybridized carbons (Fsp3) is 0.588. The molecule has 5 rings (SSSR count).